The number of carboxylic acids is 1. The van der Waals surface area contributed by atoms with Gasteiger partial charge in [-0.1, -0.05) is 26.7 Å². The van der Waals surface area contributed by atoms with Crippen LogP contribution < -0.4 is 4.90 Å². The fraction of sp³-hybridized carbons (Fsp3) is 0.750. The third-order valence-electron chi connectivity index (χ3n) is 4.39. The highest BCUT2D eigenvalue weighted by molar-refractivity contribution is 5.95. The summed E-state index contributed by atoms with van der Waals surface area (Å²) >= 11 is 0. The normalized spacial score (nSPS) is 15.9. The molecule has 0 spiro atoms. The number of aromatic nitrogens is 2. The Morgan fingerprint density at radius 1 is 1.43 bits per heavy atom. The summed E-state index contributed by atoms with van der Waals surface area (Å²) in [6.07, 6.45) is 5.85. The first-order chi connectivity index (χ1) is 9.91. The number of nitrogens with zero attached hydrogens (tertiary/aromatic N) is 3. The lowest BCUT2D eigenvalue weighted by molar-refractivity contribution is 0.0696. The minimum Gasteiger partial charge on any atom is -0.477 e. The Hall–Kier alpha value is -1.52. The fourth-order valence-electron chi connectivity index (χ4n) is 3.30. The van der Waals surface area contributed by atoms with Crippen LogP contribution in [0.15, 0.2) is 0 Å². The number of hydrogen-bond donors (Lipinski definition) is 1. The van der Waals surface area contributed by atoms with Crippen molar-refractivity contribution in [3.63, 3.8) is 0 Å². The van der Waals surface area contributed by atoms with Gasteiger partial charge in [0.2, 0.25) is 0 Å². The van der Waals surface area contributed by atoms with Crippen LogP contribution in [0.2, 0.25) is 0 Å². The number of anilines is 1. The first kappa shape index (κ1) is 15.9. The number of carbonyl (C=O) groups is 1. The van der Waals surface area contributed by atoms with Crippen LogP contribution in [0.1, 0.15) is 62.0 Å². The summed E-state index contributed by atoms with van der Waals surface area (Å²) in [6.45, 7) is 7.10. The van der Waals surface area contributed by atoms with E-state index in [0.29, 0.717) is 23.2 Å². The molecule has 0 saturated heterocycles. The molecule has 21 heavy (non-hydrogen) atoms. The third-order valence-corrected chi connectivity index (χ3v) is 4.39. The van der Waals surface area contributed by atoms with Crippen molar-refractivity contribution in [1.29, 1.82) is 0 Å². The van der Waals surface area contributed by atoms with Gasteiger partial charge in [-0.2, -0.15) is 5.10 Å². The standard InChI is InChI=1S/C16H27N3O2/c1-11(2)9-10-19(13-7-5-6-8-13)15-14(16(20)21)12(3)17-18(15)4/h11,13H,5-10H2,1-4H3,(H,20,21). The van der Waals surface area contributed by atoms with E-state index in [2.05, 4.69) is 23.8 Å². The van der Waals surface area contributed by atoms with Gasteiger partial charge < -0.3 is 10.0 Å². The Bertz CT molecular complexity index is 502. The molecule has 2 rings (SSSR count). The largest absolute Gasteiger partial charge is 0.477 e. The van der Waals surface area contributed by atoms with Crippen molar-refractivity contribution >= 4 is 11.8 Å². The first-order valence-electron chi connectivity index (χ1n) is 7.95. The summed E-state index contributed by atoms with van der Waals surface area (Å²) < 4.78 is 1.75. The molecule has 5 heteroatoms. The first-order valence-corrected chi connectivity index (χ1v) is 7.95. The van der Waals surface area contributed by atoms with Gasteiger partial charge in [-0.15, -0.1) is 0 Å². The molecule has 1 aromatic heterocycles. The van der Waals surface area contributed by atoms with E-state index < -0.39 is 5.97 Å². The summed E-state index contributed by atoms with van der Waals surface area (Å²) in [5, 5.41) is 13.9. The van der Waals surface area contributed by atoms with Gasteiger partial charge in [-0.05, 0) is 32.1 Å². The van der Waals surface area contributed by atoms with E-state index in [4.69, 9.17) is 0 Å². The Labute approximate surface area is 126 Å². The van der Waals surface area contributed by atoms with Gasteiger partial charge in [0.25, 0.3) is 0 Å². The summed E-state index contributed by atoms with van der Waals surface area (Å²) in [6, 6.07) is 0.455. The van der Waals surface area contributed by atoms with Crippen molar-refractivity contribution in [3.8, 4) is 0 Å². The molecule has 1 fully saturated rings. The van der Waals surface area contributed by atoms with Gasteiger partial charge in [-0.3, -0.25) is 4.68 Å². The van der Waals surface area contributed by atoms with Crippen LogP contribution in [0.4, 0.5) is 5.82 Å². The number of aromatic carboxylic acids is 1. The van der Waals surface area contributed by atoms with E-state index in [-0.39, 0.29) is 0 Å². The Kier molecular flexibility index (Phi) is 4.91. The quantitative estimate of drug-likeness (QED) is 0.875. The van der Waals surface area contributed by atoms with Crippen molar-refractivity contribution < 1.29 is 9.90 Å². The van der Waals surface area contributed by atoms with Gasteiger partial charge in [0.15, 0.2) is 0 Å². The maximum Gasteiger partial charge on any atom is 0.341 e. The summed E-state index contributed by atoms with van der Waals surface area (Å²) in [5.74, 6) is 0.521. The molecule has 1 aliphatic carbocycles. The average molecular weight is 293 g/mol. The second-order valence-corrected chi connectivity index (χ2v) is 6.53. The summed E-state index contributed by atoms with van der Waals surface area (Å²) in [4.78, 5) is 13.9. The smallest absolute Gasteiger partial charge is 0.341 e. The van der Waals surface area contributed by atoms with Crippen molar-refractivity contribution in [2.45, 2.75) is 58.9 Å². The maximum absolute atomic E-state index is 11.6. The zero-order valence-corrected chi connectivity index (χ0v) is 13.6. The van der Waals surface area contributed by atoms with Gasteiger partial charge in [0, 0.05) is 19.6 Å². The van der Waals surface area contributed by atoms with Crippen molar-refractivity contribution in [2.75, 3.05) is 11.4 Å². The number of rotatable bonds is 6. The van der Waals surface area contributed by atoms with Crippen LogP contribution in [0.25, 0.3) is 0 Å². The topological polar surface area (TPSA) is 58.4 Å². The van der Waals surface area contributed by atoms with E-state index in [0.717, 1.165) is 31.6 Å². The molecular weight excluding hydrogens is 266 g/mol. The second kappa shape index (κ2) is 6.50. The minimum atomic E-state index is -0.872. The number of hydrogen-bond acceptors (Lipinski definition) is 3. The highest BCUT2D eigenvalue weighted by atomic mass is 16.4. The molecule has 0 bridgehead atoms. The Balaban J connectivity index is 2.37. The van der Waals surface area contributed by atoms with Crippen molar-refractivity contribution in [1.82, 2.24) is 9.78 Å². The van der Waals surface area contributed by atoms with Gasteiger partial charge in [0.05, 0.1) is 5.69 Å². The van der Waals surface area contributed by atoms with Crippen molar-refractivity contribution in [3.05, 3.63) is 11.3 Å². The molecule has 5 nitrogen and oxygen atoms in total. The van der Waals surface area contributed by atoms with E-state index in [9.17, 15) is 9.90 Å². The maximum atomic E-state index is 11.6. The van der Waals surface area contributed by atoms with Crippen LogP contribution in [0, 0.1) is 12.8 Å². The molecule has 0 radical (unpaired) electrons. The molecule has 1 heterocycles. The third kappa shape index (κ3) is 3.39. The van der Waals surface area contributed by atoms with Crippen LogP contribution in [0.5, 0.6) is 0 Å². The van der Waals surface area contributed by atoms with E-state index >= 15 is 0 Å². The lowest BCUT2D eigenvalue weighted by Crippen LogP contribution is -2.37. The van der Waals surface area contributed by atoms with Crippen LogP contribution in [-0.2, 0) is 7.05 Å². The lowest BCUT2D eigenvalue weighted by atomic mass is 10.1. The molecule has 0 atom stereocenters. The van der Waals surface area contributed by atoms with E-state index in [1.807, 2.05) is 7.05 Å². The predicted octanol–water partition coefficient (Wildman–Crippen LogP) is 3.22. The predicted molar refractivity (Wildman–Crippen MR) is 84.0 cm³/mol. The van der Waals surface area contributed by atoms with Crippen LogP contribution >= 0.6 is 0 Å². The molecule has 118 valence electrons. The number of aryl methyl sites for hydroxylation is 2. The molecule has 1 aliphatic rings. The Morgan fingerprint density at radius 3 is 2.57 bits per heavy atom. The van der Waals surface area contributed by atoms with Crippen LogP contribution in [-0.4, -0.2) is 33.4 Å². The zero-order chi connectivity index (χ0) is 15.6. The van der Waals surface area contributed by atoms with Gasteiger partial charge >= 0.3 is 5.97 Å². The monoisotopic (exact) mass is 293 g/mol. The molecule has 1 aromatic rings. The lowest BCUT2D eigenvalue weighted by Gasteiger charge is -2.32. The summed E-state index contributed by atoms with van der Waals surface area (Å²) in [7, 11) is 1.85. The van der Waals surface area contributed by atoms with Crippen LogP contribution in [0.3, 0.4) is 0 Å². The summed E-state index contributed by atoms with van der Waals surface area (Å²) in [5.41, 5.74) is 0.973. The van der Waals surface area contributed by atoms with E-state index in [1.54, 1.807) is 11.6 Å². The highest BCUT2D eigenvalue weighted by Crippen LogP contribution is 2.32. The molecule has 1 saturated carbocycles. The van der Waals surface area contributed by atoms with Gasteiger partial charge in [0.1, 0.15) is 11.4 Å². The molecule has 0 aromatic carbocycles. The highest BCUT2D eigenvalue weighted by Gasteiger charge is 2.30. The second-order valence-electron chi connectivity index (χ2n) is 6.53. The molecule has 0 aliphatic heterocycles. The molecular formula is C16H27N3O2. The molecule has 0 unspecified atom stereocenters. The minimum absolute atomic E-state index is 0.369. The van der Waals surface area contributed by atoms with Crippen molar-refractivity contribution in [2.24, 2.45) is 13.0 Å². The van der Waals surface area contributed by atoms with E-state index in [1.165, 1.54) is 12.8 Å². The SMILES string of the molecule is Cc1nn(C)c(N(CCC(C)C)C2CCCC2)c1C(=O)O. The number of carboxylic acid groups (broad SMARTS) is 1. The fourth-order valence-corrected chi connectivity index (χ4v) is 3.30. The Morgan fingerprint density at radius 2 is 2.05 bits per heavy atom. The van der Waals surface area contributed by atoms with Gasteiger partial charge in [-0.25, -0.2) is 4.79 Å². The molecule has 1 N–H and O–H groups in total. The molecule has 0 amide bonds. The zero-order valence-electron chi connectivity index (χ0n) is 13.6. The average Bonchev–Trinajstić information content (AvgIpc) is 2.98.